The van der Waals surface area contributed by atoms with Crippen LogP contribution in [0.4, 0.5) is 0 Å². The molecule has 22 unspecified atom stereocenters. The van der Waals surface area contributed by atoms with Crippen LogP contribution in [0.1, 0.15) is 78.6 Å². The lowest BCUT2D eigenvalue weighted by Crippen LogP contribution is -2.66. The number of rotatable bonds is 9. The van der Waals surface area contributed by atoms with Crippen molar-refractivity contribution in [1.29, 1.82) is 0 Å². The van der Waals surface area contributed by atoms with Crippen LogP contribution in [0.3, 0.4) is 0 Å². The molecule has 0 amide bonds. The molecule has 2 bridgehead atoms. The minimum absolute atomic E-state index is 0.110. The first kappa shape index (κ1) is 42.9. The van der Waals surface area contributed by atoms with Crippen molar-refractivity contribution >= 4 is 5.97 Å². The van der Waals surface area contributed by atoms with Gasteiger partial charge in [0.25, 0.3) is 0 Å². The third-order valence-corrected chi connectivity index (χ3v) is 15.6. The Bertz CT molecular complexity index is 1400. The van der Waals surface area contributed by atoms with Gasteiger partial charge >= 0.3 is 5.97 Å². The summed E-state index contributed by atoms with van der Waals surface area (Å²) < 4.78 is 35.7. The van der Waals surface area contributed by atoms with Gasteiger partial charge in [0.1, 0.15) is 73.2 Å². The predicted octanol–water partition coefficient (Wildman–Crippen LogP) is -2.86. The van der Waals surface area contributed by atoms with Crippen LogP contribution in [0, 0.1) is 34.0 Å². The van der Waals surface area contributed by atoms with Gasteiger partial charge in [-0.15, -0.1) is 0 Å². The summed E-state index contributed by atoms with van der Waals surface area (Å²) in [4.78, 5) is 14.2. The van der Waals surface area contributed by atoms with Crippen molar-refractivity contribution in [2.24, 2.45) is 34.0 Å². The molecule has 1 spiro atoms. The molecule has 56 heavy (non-hydrogen) atoms. The van der Waals surface area contributed by atoms with E-state index in [0.29, 0.717) is 32.1 Å². The molecular weight excluding hydrogens is 744 g/mol. The van der Waals surface area contributed by atoms with Crippen molar-refractivity contribution < 1.29 is 89.4 Å². The molecule has 22 atom stereocenters. The van der Waals surface area contributed by atoms with E-state index in [9.17, 15) is 61.0 Å². The minimum Gasteiger partial charge on any atom is -0.432 e. The molecular formula is C38H62O18. The van der Waals surface area contributed by atoms with Crippen molar-refractivity contribution in [2.45, 2.75) is 176 Å². The highest BCUT2D eigenvalue weighted by molar-refractivity contribution is 5.77. The molecule has 3 aliphatic heterocycles. The summed E-state index contributed by atoms with van der Waals surface area (Å²) in [5.74, 6) is -0.272. The molecule has 0 aromatic heterocycles. The quantitative estimate of drug-likeness (QED) is 0.0825. The molecule has 0 radical (unpaired) electrons. The fourth-order valence-electron chi connectivity index (χ4n) is 12.2. The Labute approximate surface area is 325 Å². The second kappa shape index (κ2) is 15.7. The van der Waals surface area contributed by atoms with Gasteiger partial charge in [-0.3, -0.25) is 4.79 Å². The Kier molecular flexibility index (Phi) is 12.0. The third kappa shape index (κ3) is 6.77. The van der Waals surface area contributed by atoms with E-state index in [4.69, 9.17) is 28.4 Å². The molecule has 3 saturated heterocycles. The summed E-state index contributed by atoms with van der Waals surface area (Å²) in [5.41, 5.74) is -2.23. The molecule has 7 fully saturated rings. The Morgan fingerprint density at radius 3 is 1.75 bits per heavy atom. The van der Waals surface area contributed by atoms with Gasteiger partial charge in [-0.1, -0.05) is 13.8 Å². The smallest absolute Gasteiger partial charge is 0.314 e. The van der Waals surface area contributed by atoms with Gasteiger partial charge in [0.15, 0.2) is 12.6 Å². The third-order valence-electron chi connectivity index (χ3n) is 15.6. The van der Waals surface area contributed by atoms with Crippen LogP contribution in [0.2, 0.25) is 0 Å². The zero-order chi connectivity index (χ0) is 40.7. The van der Waals surface area contributed by atoms with Crippen molar-refractivity contribution in [3.05, 3.63) is 0 Å². The van der Waals surface area contributed by atoms with Crippen molar-refractivity contribution in [1.82, 2.24) is 0 Å². The molecule has 7 aliphatic rings. The van der Waals surface area contributed by atoms with E-state index in [-0.39, 0.29) is 28.6 Å². The van der Waals surface area contributed by atoms with Crippen LogP contribution in [-0.2, 0) is 33.2 Å². The number of esters is 1. The summed E-state index contributed by atoms with van der Waals surface area (Å²) >= 11 is 0. The molecule has 0 aromatic rings. The zero-order valence-corrected chi connectivity index (χ0v) is 32.2. The standard InChI is InChI=1S/C38H62O18/c1-16-4-7-35(2,34(50)55-32-29(49)26(46)23(43)18(13-40)52-32)20-5-8-37-10-11-38(15-37,9-6-21(37)36(16,20)3)56-33-30(27(47)24(44)19(14-41)53-33)54-31-28(48)25(45)22(42)17(12-39)51-31/h16-33,39-49H,4-15H2,1-3H3. The first-order valence-corrected chi connectivity index (χ1v) is 20.2. The summed E-state index contributed by atoms with van der Waals surface area (Å²) in [6.07, 6.45) is -17.1. The van der Waals surface area contributed by atoms with E-state index in [2.05, 4.69) is 13.8 Å². The summed E-state index contributed by atoms with van der Waals surface area (Å²) in [5, 5.41) is 114. The minimum atomic E-state index is -1.79. The van der Waals surface area contributed by atoms with E-state index in [0.717, 1.165) is 25.7 Å². The van der Waals surface area contributed by atoms with E-state index < -0.39 is 129 Å². The number of aliphatic hydroxyl groups is 11. The number of hydrogen-bond donors (Lipinski definition) is 11. The van der Waals surface area contributed by atoms with E-state index in [1.807, 2.05) is 6.92 Å². The molecule has 7 rings (SSSR count). The molecule has 18 heteroatoms. The highest BCUT2D eigenvalue weighted by Gasteiger charge is 2.70. The molecule has 4 saturated carbocycles. The van der Waals surface area contributed by atoms with Gasteiger partial charge in [0, 0.05) is 0 Å². The summed E-state index contributed by atoms with van der Waals surface area (Å²) in [6.45, 7) is 4.39. The van der Waals surface area contributed by atoms with Gasteiger partial charge in [0.05, 0.1) is 30.8 Å². The Morgan fingerprint density at radius 1 is 0.607 bits per heavy atom. The Balaban J connectivity index is 1.10. The number of ether oxygens (including phenoxy) is 6. The zero-order valence-electron chi connectivity index (χ0n) is 32.2. The van der Waals surface area contributed by atoms with Gasteiger partial charge in [-0.25, -0.2) is 0 Å². The van der Waals surface area contributed by atoms with Gasteiger partial charge in [-0.2, -0.15) is 0 Å². The maximum absolute atomic E-state index is 14.2. The fraction of sp³-hybridized carbons (Fsp3) is 0.974. The second-order valence-corrected chi connectivity index (χ2v) is 18.4. The number of hydrogen-bond acceptors (Lipinski definition) is 18. The maximum Gasteiger partial charge on any atom is 0.314 e. The molecule has 11 N–H and O–H groups in total. The Hall–Kier alpha value is -1.17. The van der Waals surface area contributed by atoms with E-state index in [1.165, 1.54) is 0 Å². The average Bonchev–Trinajstić information content (AvgIpc) is 3.45. The number of carbonyl (C=O) groups is 1. The van der Waals surface area contributed by atoms with Crippen LogP contribution < -0.4 is 0 Å². The van der Waals surface area contributed by atoms with Crippen LogP contribution in [0.15, 0.2) is 0 Å². The van der Waals surface area contributed by atoms with E-state index >= 15 is 0 Å². The first-order chi connectivity index (χ1) is 26.4. The van der Waals surface area contributed by atoms with Gasteiger partial charge < -0.3 is 84.6 Å². The maximum atomic E-state index is 14.2. The number of carbonyl (C=O) groups excluding carboxylic acids is 1. The first-order valence-electron chi connectivity index (χ1n) is 20.2. The lowest BCUT2D eigenvalue weighted by Gasteiger charge is -2.66. The number of fused-ring (bicyclic) bond motifs is 3. The normalized spacial score (nSPS) is 55.9. The summed E-state index contributed by atoms with van der Waals surface area (Å²) in [6, 6.07) is 0. The largest absolute Gasteiger partial charge is 0.432 e. The topological polar surface area (TPSA) is 295 Å². The van der Waals surface area contributed by atoms with Gasteiger partial charge in [-0.05, 0) is 93.3 Å². The molecule has 3 heterocycles. The van der Waals surface area contributed by atoms with Crippen LogP contribution in [0.5, 0.6) is 0 Å². The lowest BCUT2D eigenvalue weighted by atomic mass is 9.38. The Morgan fingerprint density at radius 2 is 1.14 bits per heavy atom. The van der Waals surface area contributed by atoms with Crippen LogP contribution in [0.25, 0.3) is 0 Å². The van der Waals surface area contributed by atoms with Crippen molar-refractivity contribution in [3.63, 3.8) is 0 Å². The van der Waals surface area contributed by atoms with Crippen LogP contribution >= 0.6 is 0 Å². The van der Waals surface area contributed by atoms with Crippen molar-refractivity contribution in [2.75, 3.05) is 19.8 Å². The molecule has 0 aromatic carbocycles. The molecule has 322 valence electrons. The monoisotopic (exact) mass is 806 g/mol. The van der Waals surface area contributed by atoms with Gasteiger partial charge in [0.2, 0.25) is 6.29 Å². The second-order valence-electron chi connectivity index (χ2n) is 18.4. The summed E-state index contributed by atoms with van der Waals surface area (Å²) in [7, 11) is 0. The fourth-order valence-corrected chi connectivity index (χ4v) is 12.2. The molecule has 4 aliphatic carbocycles. The SMILES string of the molecule is CC1CCC(C)(C(=O)OC2OC(CO)C(O)C(O)C2O)C2CCC34CCC(OC5OC(CO)C(O)C(O)C5OC5OC(CO)C(O)C(O)C5O)(CCC3C12C)C4. The average molecular weight is 807 g/mol. The van der Waals surface area contributed by atoms with Crippen molar-refractivity contribution in [3.8, 4) is 0 Å². The highest BCUT2D eigenvalue weighted by atomic mass is 16.8. The predicted molar refractivity (Wildman–Crippen MR) is 186 cm³/mol. The highest BCUT2D eigenvalue weighted by Crippen LogP contribution is 2.74. The number of aliphatic hydroxyl groups excluding tert-OH is 11. The van der Waals surface area contributed by atoms with E-state index in [1.54, 1.807) is 0 Å². The van der Waals surface area contributed by atoms with Crippen LogP contribution in [-0.4, -0.2) is 180 Å². The molecule has 18 nitrogen and oxygen atoms in total. The lowest BCUT2D eigenvalue weighted by molar-refractivity contribution is -0.380.